The van der Waals surface area contributed by atoms with Crippen LogP contribution in [0.1, 0.15) is 22.3 Å². The number of furan rings is 1. The SMILES string of the molecule is c1ccc(-c2c3ccccc3c(-c3ccc(C4(c5cccc(-c6cccc7c6oc6ccccc67)c5)c5ccccc5-c5ccccc54)cc3)c3ccccc23)cc1. The number of fused-ring (bicyclic) bond motifs is 8. The molecule has 0 saturated carbocycles. The second-order valence-corrected chi connectivity index (χ2v) is 15.5. The van der Waals surface area contributed by atoms with E-state index in [9.17, 15) is 0 Å². The summed E-state index contributed by atoms with van der Waals surface area (Å²) in [5, 5.41) is 7.31. The zero-order valence-electron chi connectivity index (χ0n) is 31.7. The van der Waals surface area contributed by atoms with Crippen LogP contribution in [0.3, 0.4) is 0 Å². The third-order valence-electron chi connectivity index (χ3n) is 12.6. The molecule has 0 amide bonds. The maximum absolute atomic E-state index is 6.57. The lowest BCUT2D eigenvalue weighted by Gasteiger charge is -2.34. The smallest absolute Gasteiger partial charge is 0.143 e. The molecule has 270 valence electrons. The minimum Gasteiger partial charge on any atom is -0.455 e. The Balaban J connectivity index is 1.09. The Morgan fingerprint density at radius 3 is 1.40 bits per heavy atom. The van der Waals surface area contributed by atoms with E-state index in [0.29, 0.717) is 0 Å². The molecule has 1 aliphatic rings. The molecule has 1 heteroatoms. The van der Waals surface area contributed by atoms with Crippen molar-refractivity contribution in [3.8, 4) is 44.5 Å². The minimum atomic E-state index is -0.551. The summed E-state index contributed by atoms with van der Waals surface area (Å²) in [5.74, 6) is 0. The highest BCUT2D eigenvalue weighted by Crippen LogP contribution is 2.57. The van der Waals surface area contributed by atoms with Gasteiger partial charge in [-0.1, -0.05) is 206 Å². The van der Waals surface area contributed by atoms with E-state index in [1.54, 1.807) is 0 Å². The first-order chi connectivity index (χ1) is 28.8. The molecule has 1 aromatic heterocycles. The first-order valence-electron chi connectivity index (χ1n) is 20.1. The molecule has 1 heterocycles. The van der Waals surface area contributed by atoms with Crippen LogP contribution in [0, 0.1) is 0 Å². The van der Waals surface area contributed by atoms with Crippen molar-refractivity contribution in [3.63, 3.8) is 0 Å². The molecule has 0 fully saturated rings. The molecule has 0 aliphatic heterocycles. The van der Waals surface area contributed by atoms with Crippen molar-refractivity contribution in [2.45, 2.75) is 5.41 Å². The van der Waals surface area contributed by atoms with Gasteiger partial charge in [0.2, 0.25) is 0 Å². The Morgan fingerprint density at radius 1 is 0.293 bits per heavy atom. The van der Waals surface area contributed by atoms with Gasteiger partial charge in [0.25, 0.3) is 0 Å². The lowest BCUT2D eigenvalue weighted by molar-refractivity contribution is 0.670. The zero-order chi connectivity index (χ0) is 38.2. The van der Waals surface area contributed by atoms with Crippen LogP contribution in [0.4, 0.5) is 0 Å². The van der Waals surface area contributed by atoms with Crippen LogP contribution in [-0.4, -0.2) is 0 Å². The van der Waals surface area contributed by atoms with Crippen molar-refractivity contribution in [1.82, 2.24) is 0 Å². The predicted molar refractivity (Wildman–Crippen MR) is 242 cm³/mol. The van der Waals surface area contributed by atoms with Crippen LogP contribution in [0.15, 0.2) is 223 Å². The molecular weight excluding hydrogens is 701 g/mol. The fourth-order valence-electron chi connectivity index (χ4n) is 10.2. The van der Waals surface area contributed by atoms with E-state index in [-0.39, 0.29) is 0 Å². The van der Waals surface area contributed by atoms with Crippen molar-refractivity contribution >= 4 is 43.5 Å². The van der Waals surface area contributed by atoms with E-state index in [0.717, 1.165) is 33.1 Å². The fraction of sp³-hybridized carbons (Fsp3) is 0.0175. The standard InChI is InChI=1S/C57H36O/c1-2-16-37(17-3-1)54-46-23-4-6-25-48(46)55(49-26-7-5-24-47(49)54)38-32-34-40(35-33-38)57(51-29-11-8-20-43(51)44-21-9-12-30-52(44)57)41-19-14-18-39(36-41)42-27-15-28-50-45-22-10-13-31-53(45)58-56(42)50/h1-36H. The third kappa shape index (κ3) is 4.65. The topological polar surface area (TPSA) is 13.1 Å². The average molecular weight is 737 g/mol. The van der Waals surface area contributed by atoms with Crippen molar-refractivity contribution in [2.24, 2.45) is 0 Å². The molecule has 58 heavy (non-hydrogen) atoms. The van der Waals surface area contributed by atoms with E-state index in [1.165, 1.54) is 77.2 Å². The van der Waals surface area contributed by atoms with Crippen LogP contribution in [-0.2, 0) is 5.41 Å². The molecule has 11 aromatic rings. The fourth-order valence-corrected chi connectivity index (χ4v) is 10.2. The normalized spacial score (nSPS) is 13.0. The first kappa shape index (κ1) is 32.7. The maximum Gasteiger partial charge on any atom is 0.143 e. The lowest BCUT2D eigenvalue weighted by atomic mass is 9.67. The molecule has 0 saturated heterocycles. The van der Waals surface area contributed by atoms with Crippen LogP contribution in [0.2, 0.25) is 0 Å². The molecule has 0 radical (unpaired) electrons. The first-order valence-corrected chi connectivity index (χ1v) is 20.1. The van der Waals surface area contributed by atoms with Crippen molar-refractivity contribution < 1.29 is 4.42 Å². The molecule has 0 atom stereocenters. The summed E-state index contributed by atoms with van der Waals surface area (Å²) in [6.45, 7) is 0. The second-order valence-electron chi connectivity index (χ2n) is 15.5. The molecule has 12 rings (SSSR count). The summed E-state index contributed by atoms with van der Waals surface area (Å²) in [4.78, 5) is 0. The van der Waals surface area contributed by atoms with Gasteiger partial charge in [0.05, 0.1) is 5.41 Å². The van der Waals surface area contributed by atoms with Crippen LogP contribution < -0.4 is 0 Å². The molecule has 10 aromatic carbocycles. The average Bonchev–Trinajstić information content (AvgIpc) is 3.83. The van der Waals surface area contributed by atoms with E-state index < -0.39 is 5.41 Å². The summed E-state index contributed by atoms with van der Waals surface area (Å²) in [6.07, 6.45) is 0. The van der Waals surface area contributed by atoms with Gasteiger partial charge in [-0.15, -0.1) is 0 Å². The van der Waals surface area contributed by atoms with Gasteiger partial charge >= 0.3 is 0 Å². The Labute approximate surface area is 337 Å². The van der Waals surface area contributed by atoms with Gasteiger partial charge in [0, 0.05) is 16.3 Å². The minimum absolute atomic E-state index is 0.551. The van der Waals surface area contributed by atoms with Gasteiger partial charge in [-0.25, -0.2) is 0 Å². The molecule has 1 aliphatic carbocycles. The maximum atomic E-state index is 6.57. The summed E-state index contributed by atoms with van der Waals surface area (Å²) in [6, 6.07) is 80.1. The summed E-state index contributed by atoms with van der Waals surface area (Å²) in [7, 11) is 0. The third-order valence-corrected chi connectivity index (χ3v) is 12.6. The van der Waals surface area contributed by atoms with Gasteiger partial charge in [-0.3, -0.25) is 0 Å². The highest BCUT2D eigenvalue weighted by atomic mass is 16.3. The van der Waals surface area contributed by atoms with E-state index >= 15 is 0 Å². The number of hydrogen-bond donors (Lipinski definition) is 0. The number of benzene rings is 10. The molecule has 0 spiro atoms. The quantitative estimate of drug-likeness (QED) is 0.160. The summed E-state index contributed by atoms with van der Waals surface area (Å²) < 4.78 is 6.57. The zero-order valence-corrected chi connectivity index (χ0v) is 31.7. The van der Waals surface area contributed by atoms with Gasteiger partial charge in [-0.05, 0) is 94.9 Å². The predicted octanol–water partition coefficient (Wildman–Crippen LogP) is 15.3. The molecule has 0 unspecified atom stereocenters. The highest BCUT2D eigenvalue weighted by molar-refractivity contribution is 6.21. The van der Waals surface area contributed by atoms with Crippen LogP contribution in [0.5, 0.6) is 0 Å². The largest absolute Gasteiger partial charge is 0.455 e. The van der Waals surface area contributed by atoms with Crippen molar-refractivity contribution in [2.75, 3.05) is 0 Å². The molecule has 1 nitrogen and oxygen atoms in total. The molecule has 0 bridgehead atoms. The number of rotatable bonds is 5. The lowest BCUT2D eigenvalue weighted by Crippen LogP contribution is -2.28. The number of para-hydroxylation sites is 2. The van der Waals surface area contributed by atoms with E-state index in [1.807, 2.05) is 6.07 Å². The van der Waals surface area contributed by atoms with Crippen LogP contribution >= 0.6 is 0 Å². The molecular formula is C57H36O. The van der Waals surface area contributed by atoms with Gasteiger partial charge in [0.1, 0.15) is 11.2 Å². The van der Waals surface area contributed by atoms with Gasteiger partial charge in [-0.2, -0.15) is 0 Å². The van der Waals surface area contributed by atoms with Crippen molar-refractivity contribution in [1.29, 1.82) is 0 Å². The number of hydrogen-bond acceptors (Lipinski definition) is 1. The highest BCUT2D eigenvalue weighted by Gasteiger charge is 2.46. The van der Waals surface area contributed by atoms with Crippen molar-refractivity contribution in [3.05, 3.63) is 241 Å². The Hall–Kier alpha value is -7.48. The Kier molecular flexibility index (Phi) is 7.21. The van der Waals surface area contributed by atoms with Crippen LogP contribution in [0.25, 0.3) is 88.0 Å². The monoisotopic (exact) mass is 736 g/mol. The van der Waals surface area contributed by atoms with Gasteiger partial charge < -0.3 is 4.42 Å². The van der Waals surface area contributed by atoms with E-state index in [4.69, 9.17) is 4.42 Å². The second kappa shape index (κ2) is 12.8. The summed E-state index contributed by atoms with van der Waals surface area (Å²) in [5.41, 5.74) is 16.1. The summed E-state index contributed by atoms with van der Waals surface area (Å²) >= 11 is 0. The van der Waals surface area contributed by atoms with Gasteiger partial charge in [0.15, 0.2) is 0 Å². The Morgan fingerprint density at radius 2 is 0.759 bits per heavy atom. The Bertz CT molecular complexity index is 3280. The molecule has 0 N–H and O–H groups in total. The van der Waals surface area contributed by atoms with E-state index in [2.05, 4.69) is 212 Å².